The lowest BCUT2D eigenvalue weighted by molar-refractivity contribution is -0.249. The first kappa shape index (κ1) is 24.7. The van der Waals surface area contributed by atoms with Gasteiger partial charge in [-0.2, -0.15) is 0 Å². The average molecular weight is 367 g/mol. The summed E-state index contributed by atoms with van der Waals surface area (Å²) in [4.78, 5) is 0. The third kappa shape index (κ3) is 9.81. The molecule has 2 heterocycles. The van der Waals surface area contributed by atoms with Crippen LogP contribution in [0.3, 0.4) is 0 Å². The first-order valence-electron chi connectivity index (χ1n) is 9.25. The smallest absolute Gasteiger partial charge is 0.160 e. The van der Waals surface area contributed by atoms with Gasteiger partial charge in [-0.05, 0) is 19.3 Å². The number of aliphatic hydroxyl groups excluding tert-OH is 4. The number of nitrogens with two attached hydrogens (primary N) is 1. The molecule has 152 valence electrons. The normalized spacial score (nSPS) is 35.0. The van der Waals surface area contributed by atoms with E-state index in [-0.39, 0.29) is 24.9 Å². The Labute approximate surface area is 150 Å². The fourth-order valence-corrected chi connectivity index (χ4v) is 2.50. The molecule has 0 aliphatic carbocycles. The van der Waals surface area contributed by atoms with Crippen LogP contribution in [0, 0.1) is 0 Å². The Morgan fingerprint density at radius 3 is 2.32 bits per heavy atom. The van der Waals surface area contributed by atoms with Gasteiger partial charge in [0.25, 0.3) is 0 Å². The van der Waals surface area contributed by atoms with Crippen molar-refractivity contribution in [2.45, 2.75) is 83.3 Å². The molecule has 6 atom stereocenters. The number of hydrogen-bond acceptors (Lipinski definition) is 8. The van der Waals surface area contributed by atoms with Crippen molar-refractivity contribution in [3.63, 3.8) is 0 Å². The quantitative estimate of drug-likeness (QED) is 0.449. The number of hydrogen-bond donors (Lipinski definition) is 5. The van der Waals surface area contributed by atoms with Gasteiger partial charge in [-0.15, -0.1) is 0 Å². The molecule has 2 aliphatic heterocycles. The molecule has 2 aliphatic rings. The van der Waals surface area contributed by atoms with Crippen molar-refractivity contribution in [2.24, 2.45) is 5.73 Å². The van der Waals surface area contributed by atoms with Crippen molar-refractivity contribution in [2.75, 3.05) is 26.4 Å². The van der Waals surface area contributed by atoms with E-state index in [1.807, 2.05) is 20.8 Å². The van der Waals surface area contributed by atoms with E-state index in [4.69, 9.17) is 30.2 Å². The highest BCUT2D eigenvalue weighted by atomic mass is 16.7. The van der Waals surface area contributed by atoms with Gasteiger partial charge in [-0.1, -0.05) is 20.8 Å². The van der Waals surface area contributed by atoms with Crippen LogP contribution in [0.2, 0.25) is 0 Å². The summed E-state index contributed by atoms with van der Waals surface area (Å²) in [7, 11) is 0. The number of ether oxygens (including phenoxy) is 3. The topological polar surface area (TPSA) is 135 Å². The largest absolute Gasteiger partial charge is 0.394 e. The van der Waals surface area contributed by atoms with Crippen molar-refractivity contribution in [1.82, 2.24) is 0 Å². The van der Waals surface area contributed by atoms with Crippen molar-refractivity contribution in [3.8, 4) is 0 Å². The van der Waals surface area contributed by atoms with Crippen molar-refractivity contribution < 1.29 is 34.6 Å². The molecule has 0 aromatic carbocycles. The van der Waals surface area contributed by atoms with E-state index in [9.17, 15) is 10.2 Å². The van der Waals surface area contributed by atoms with Crippen LogP contribution in [0.1, 0.15) is 46.5 Å². The fourth-order valence-electron chi connectivity index (χ4n) is 2.50. The second-order valence-electron chi connectivity index (χ2n) is 5.83. The predicted molar refractivity (Wildman–Crippen MR) is 94.0 cm³/mol. The van der Waals surface area contributed by atoms with Crippen LogP contribution in [0.25, 0.3) is 0 Å². The van der Waals surface area contributed by atoms with Gasteiger partial charge in [-0.25, -0.2) is 0 Å². The Balaban J connectivity index is 0.000000451. The lowest BCUT2D eigenvalue weighted by atomic mass is 10.00. The molecule has 8 heteroatoms. The lowest BCUT2D eigenvalue weighted by Gasteiger charge is -2.36. The summed E-state index contributed by atoms with van der Waals surface area (Å²) in [5.41, 5.74) is 5.28. The fraction of sp³-hybridized carbons (Fsp3) is 1.00. The zero-order valence-electron chi connectivity index (χ0n) is 15.7. The maximum Gasteiger partial charge on any atom is 0.160 e. The molecule has 25 heavy (non-hydrogen) atoms. The Bertz CT molecular complexity index is 301. The first-order valence-corrected chi connectivity index (χ1v) is 9.25. The van der Waals surface area contributed by atoms with Gasteiger partial charge in [-0.3, -0.25) is 0 Å². The van der Waals surface area contributed by atoms with Crippen molar-refractivity contribution in [1.29, 1.82) is 0 Å². The van der Waals surface area contributed by atoms with Crippen LogP contribution in [0.5, 0.6) is 0 Å². The van der Waals surface area contributed by atoms with E-state index >= 15 is 0 Å². The molecule has 2 rings (SSSR count). The van der Waals surface area contributed by atoms with Crippen molar-refractivity contribution in [3.05, 3.63) is 0 Å². The summed E-state index contributed by atoms with van der Waals surface area (Å²) in [6, 6.07) is 0. The second kappa shape index (κ2) is 14.8. The summed E-state index contributed by atoms with van der Waals surface area (Å²) >= 11 is 0. The maximum atomic E-state index is 9.53. The van der Waals surface area contributed by atoms with E-state index in [0.29, 0.717) is 32.6 Å². The number of aliphatic hydroxyl groups is 4. The zero-order chi connectivity index (χ0) is 19.2. The van der Waals surface area contributed by atoms with Crippen LogP contribution in [-0.2, 0) is 14.2 Å². The van der Waals surface area contributed by atoms with Gasteiger partial charge >= 0.3 is 0 Å². The van der Waals surface area contributed by atoms with Gasteiger partial charge in [0.1, 0.15) is 6.10 Å². The predicted octanol–water partition coefficient (Wildman–Crippen LogP) is -0.247. The van der Waals surface area contributed by atoms with Crippen LogP contribution in [0.4, 0.5) is 0 Å². The molecule has 0 bridgehead atoms. The zero-order valence-corrected chi connectivity index (χ0v) is 15.7. The molecule has 0 amide bonds. The minimum absolute atomic E-state index is 0.0339. The molecule has 4 unspecified atom stereocenters. The van der Waals surface area contributed by atoms with Crippen LogP contribution in [0.15, 0.2) is 0 Å². The van der Waals surface area contributed by atoms with Crippen LogP contribution >= 0.6 is 0 Å². The molecular formula is C17H37NO7. The van der Waals surface area contributed by atoms with E-state index < -0.39 is 18.5 Å². The molecule has 6 N–H and O–H groups in total. The van der Waals surface area contributed by atoms with E-state index in [1.165, 1.54) is 0 Å². The lowest BCUT2D eigenvalue weighted by Crippen LogP contribution is -2.48. The molecular weight excluding hydrogens is 330 g/mol. The van der Waals surface area contributed by atoms with Crippen molar-refractivity contribution >= 4 is 0 Å². The third-order valence-corrected chi connectivity index (χ3v) is 3.91. The molecule has 0 radical (unpaired) electrons. The highest BCUT2D eigenvalue weighted by molar-refractivity contribution is 4.81. The monoisotopic (exact) mass is 367 g/mol. The van der Waals surface area contributed by atoms with Gasteiger partial charge in [0, 0.05) is 13.0 Å². The minimum Gasteiger partial charge on any atom is -0.394 e. The van der Waals surface area contributed by atoms with Gasteiger partial charge in [0.15, 0.2) is 6.29 Å². The maximum absolute atomic E-state index is 9.53. The summed E-state index contributed by atoms with van der Waals surface area (Å²) in [6.07, 6.45) is -0.222. The number of rotatable bonds is 5. The molecule has 0 aromatic rings. The summed E-state index contributed by atoms with van der Waals surface area (Å²) in [5, 5.41) is 36.5. The Morgan fingerprint density at radius 2 is 1.84 bits per heavy atom. The van der Waals surface area contributed by atoms with Gasteiger partial charge in [0.2, 0.25) is 0 Å². The Hall–Kier alpha value is -0.320. The van der Waals surface area contributed by atoms with Gasteiger partial charge in [0.05, 0.1) is 44.2 Å². The molecule has 0 spiro atoms. The molecule has 8 nitrogen and oxygen atoms in total. The van der Waals surface area contributed by atoms with Gasteiger partial charge < -0.3 is 40.4 Å². The molecule has 2 saturated heterocycles. The highest BCUT2D eigenvalue weighted by Gasteiger charge is 2.35. The SMILES string of the molecule is CC.CCC1O[C@H](OCCN)CC(O)[C@@H]1O.OCC1CCC(O)CO1. The summed E-state index contributed by atoms with van der Waals surface area (Å²) < 4.78 is 15.7. The Morgan fingerprint density at radius 1 is 1.16 bits per heavy atom. The average Bonchev–Trinajstić information content (AvgIpc) is 2.65. The first-order chi connectivity index (χ1) is 12.0. The molecule has 0 aromatic heterocycles. The second-order valence-corrected chi connectivity index (χ2v) is 5.83. The standard InChI is InChI=1S/C9H19NO4.C6H12O3.C2H6/c1-2-7-9(12)6(11)5-8(14-7)13-4-3-10;7-3-6-2-1-5(8)4-9-6;1-2/h6-9,11-12H,2-5,10H2,1H3;5-8H,1-4H2;1-2H3/t6?,7?,8-,9-;;/m0../s1. The van der Waals surface area contributed by atoms with Crippen LogP contribution in [-0.4, -0.2) is 83.6 Å². The highest BCUT2D eigenvalue weighted by Crippen LogP contribution is 2.22. The summed E-state index contributed by atoms with van der Waals surface area (Å²) in [5.74, 6) is 0. The van der Waals surface area contributed by atoms with E-state index in [2.05, 4.69) is 0 Å². The third-order valence-electron chi connectivity index (χ3n) is 3.91. The molecule has 2 fully saturated rings. The summed E-state index contributed by atoms with van der Waals surface area (Å²) in [6.45, 7) is 7.18. The van der Waals surface area contributed by atoms with E-state index in [0.717, 1.165) is 12.8 Å². The molecule has 0 saturated carbocycles. The minimum atomic E-state index is -0.808. The van der Waals surface area contributed by atoms with E-state index in [1.54, 1.807) is 0 Å². The van der Waals surface area contributed by atoms with Crippen LogP contribution < -0.4 is 5.73 Å². The Kier molecular flexibility index (Phi) is 14.6.